The molecule has 27 heavy (non-hydrogen) atoms. The number of aliphatic hydroxyl groups is 1. The summed E-state index contributed by atoms with van der Waals surface area (Å²) in [6, 6.07) is 13.8. The van der Waals surface area contributed by atoms with E-state index in [1.165, 1.54) is 0 Å². The number of hydrogen-bond acceptors (Lipinski definition) is 5. The lowest BCUT2D eigenvalue weighted by atomic mass is 10.0. The molecule has 0 bridgehead atoms. The minimum atomic E-state index is -0.346. The molecule has 0 amide bonds. The van der Waals surface area contributed by atoms with E-state index in [4.69, 9.17) is 16.3 Å². The zero-order valence-corrected chi connectivity index (χ0v) is 16.3. The highest BCUT2D eigenvalue weighted by molar-refractivity contribution is 6.30. The van der Waals surface area contributed by atoms with Crippen molar-refractivity contribution in [3.8, 4) is 5.75 Å². The third kappa shape index (κ3) is 4.37. The van der Waals surface area contributed by atoms with Crippen molar-refractivity contribution in [2.75, 3.05) is 31.1 Å². The molecule has 0 saturated carbocycles. The maximum absolute atomic E-state index is 10.6. The van der Waals surface area contributed by atoms with Crippen LogP contribution < -0.4 is 9.64 Å². The van der Waals surface area contributed by atoms with Crippen LogP contribution in [0.1, 0.15) is 18.5 Å². The van der Waals surface area contributed by atoms with Gasteiger partial charge in [-0.25, -0.2) is 4.98 Å². The van der Waals surface area contributed by atoms with Crippen molar-refractivity contribution >= 4 is 17.4 Å². The summed E-state index contributed by atoms with van der Waals surface area (Å²) >= 11 is 5.93. The summed E-state index contributed by atoms with van der Waals surface area (Å²) in [4.78, 5) is 9.20. The fraction of sp³-hybridized carbons (Fsp3) is 0.476. The summed E-state index contributed by atoms with van der Waals surface area (Å²) in [6.07, 6.45) is 1.81. The first kappa shape index (κ1) is 18.5. The Kier molecular flexibility index (Phi) is 5.53. The molecule has 5 nitrogen and oxygen atoms in total. The number of aromatic nitrogens is 1. The third-order valence-corrected chi connectivity index (χ3v) is 5.77. The Labute approximate surface area is 165 Å². The van der Waals surface area contributed by atoms with Crippen LogP contribution in [0, 0.1) is 6.92 Å². The molecule has 2 aliphatic rings. The van der Waals surface area contributed by atoms with Crippen LogP contribution in [0.2, 0.25) is 5.02 Å². The van der Waals surface area contributed by atoms with Crippen LogP contribution >= 0.6 is 11.6 Å². The number of benzene rings is 1. The highest BCUT2D eigenvalue weighted by Gasteiger charge is 2.37. The number of piperidine rings is 1. The second-order valence-electron chi connectivity index (χ2n) is 7.48. The Morgan fingerprint density at radius 2 is 1.81 bits per heavy atom. The summed E-state index contributed by atoms with van der Waals surface area (Å²) in [7, 11) is 0. The first-order valence-corrected chi connectivity index (χ1v) is 9.99. The maximum Gasteiger partial charge on any atom is 0.128 e. The van der Waals surface area contributed by atoms with E-state index in [9.17, 15) is 5.11 Å². The SMILES string of the molecule is Cc1cccc(N2C[C@H](O)[C@@H](N3CCC(Oc4ccc(Cl)cc4)CC3)C2)n1. The van der Waals surface area contributed by atoms with E-state index in [2.05, 4.69) is 14.8 Å². The van der Waals surface area contributed by atoms with Crippen LogP contribution in [0.25, 0.3) is 0 Å². The molecule has 2 saturated heterocycles. The minimum Gasteiger partial charge on any atom is -0.490 e. The molecule has 2 aliphatic heterocycles. The molecule has 1 aromatic heterocycles. The van der Waals surface area contributed by atoms with Gasteiger partial charge in [0.1, 0.15) is 17.7 Å². The summed E-state index contributed by atoms with van der Waals surface area (Å²) in [6.45, 7) is 5.34. The second kappa shape index (κ2) is 8.05. The van der Waals surface area contributed by atoms with Crippen LogP contribution in [-0.4, -0.2) is 59.4 Å². The van der Waals surface area contributed by atoms with Crippen LogP contribution in [0.15, 0.2) is 42.5 Å². The molecule has 1 N–H and O–H groups in total. The average Bonchev–Trinajstić information content (AvgIpc) is 3.06. The maximum atomic E-state index is 10.6. The van der Waals surface area contributed by atoms with Gasteiger partial charge in [-0.2, -0.15) is 0 Å². The average molecular weight is 388 g/mol. The molecule has 0 aliphatic carbocycles. The number of halogens is 1. The second-order valence-corrected chi connectivity index (χ2v) is 7.92. The van der Waals surface area contributed by atoms with E-state index in [1.54, 1.807) is 0 Å². The van der Waals surface area contributed by atoms with Gasteiger partial charge >= 0.3 is 0 Å². The zero-order valence-electron chi connectivity index (χ0n) is 15.6. The molecule has 144 valence electrons. The zero-order chi connectivity index (χ0) is 18.8. The number of β-amino-alcohol motifs (C(OH)–C–C–N with tert-alkyl or cyclic N) is 1. The van der Waals surface area contributed by atoms with E-state index in [1.807, 2.05) is 49.4 Å². The van der Waals surface area contributed by atoms with E-state index in [0.717, 1.165) is 54.8 Å². The fourth-order valence-corrected chi connectivity index (χ4v) is 4.18. The first-order valence-electron chi connectivity index (χ1n) is 9.61. The molecule has 0 spiro atoms. The van der Waals surface area contributed by atoms with Crippen molar-refractivity contribution in [3.05, 3.63) is 53.2 Å². The normalized spacial score (nSPS) is 24.3. The Bertz CT molecular complexity index is 762. The van der Waals surface area contributed by atoms with Gasteiger partial charge in [-0.15, -0.1) is 0 Å². The van der Waals surface area contributed by atoms with Gasteiger partial charge < -0.3 is 14.7 Å². The van der Waals surface area contributed by atoms with Gasteiger partial charge in [0.2, 0.25) is 0 Å². The lowest BCUT2D eigenvalue weighted by Gasteiger charge is -2.36. The van der Waals surface area contributed by atoms with Crippen LogP contribution in [-0.2, 0) is 0 Å². The van der Waals surface area contributed by atoms with Gasteiger partial charge in [0.25, 0.3) is 0 Å². The van der Waals surface area contributed by atoms with Crippen LogP contribution in [0.5, 0.6) is 5.75 Å². The molecule has 3 heterocycles. The van der Waals surface area contributed by atoms with Crippen molar-refractivity contribution in [2.45, 2.75) is 38.0 Å². The number of nitrogens with zero attached hydrogens (tertiary/aromatic N) is 3. The highest BCUT2D eigenvalue weighted by atomic mass is 35.5. The summed E-state index contributed by atoms with van der Waals surface area (Å²) in [5.74, 6) is 1.83. The predicted octanol–water partition coefficient (Wildman–Crippen LogP) is 3.14. The summed E-state index contributed by atoms with van der Waals surface area (Å²) < 4.78 is 6.08. The first-order chi connectivity index (χ1) is 13.1. The van der Waals surface area contributed by atoms with Gasteiger partial charge in [0.05, 0.1) is 12.1 Å². The predicted molar refractivity (Wildman–Crippen MR) is 108 cm³/mol. The van der Waals surface area contributed by atoms with Crippen molar-refractivity contribution in [2.24, 2.45) is 0 Å². The quantitative estimate of drug-likeness (QED) is 0.873. The van der Waals surface area contributed by atoms with Gasteiger partial charge in [-0.1, -0.05) is 17.7 Å². The number of pyridine rings is 1. The minimum absolute atomic E-state index is 0.156. The Morgan fingerprint density at radius 3 is 2.52 bits per heavy atom. The number of likely N-dealkylation sites (tertiary alicyclic amines) is 1. The van der Waals surface area contributed by atoms with E-state index >= 15 is 0 Å². The van der Waals surface area contributed by atoms with Crippen molar-refractivity contribution in [1.29, 1.82) is 0 Å². The number of hydrogen-bond donors (Lipinski definition) is 1. The van der Waals surface area contributed by atoms with Crippen molar-refractivity contribution in [1.82, 2.24) is 9.88 Å². The molecule has 1 aromatic carbocycles. The third-order valence-electron chi connectivity index (χ3n) is 5.52. The van der Waals surface area contributed by atoms with Gasteiger partial charge in [-0.05, 0) is 56.2 Å². The molecular weight excluding hydrogens is 362 g/mol. The monoisotopic (exact) mass is 387 g/mol. The van der Waals surface area contributed by atoms with E-state index in [0.29, 0.717) is 6.54 Å². The molecule has 2 aromatic rings. The number of rotatable bonds is 4. The number of ether oxygens (including phenoxy) is 1. The number of anilines is 1. The van der Waals surface area contributed by atoms with Crippen molar-refractivity contribution < 1.29 is 9.84 Å². The largest absolute Gasteiger partial charge is 0.490 e. The fourth-order valence-electron chi connectivity index (χ4n) is 4.05. The van der Waals surface area contributed by atoms with Crippen molar-refractivity contribution in [3.63, 3.8) is 0 Å². The lowest BCUT2D eigenvalue weighted by molar-refractivity contribution is 0.0364. The lowest BCUT2D eigenvalue weighted by Crippen LogP contribution is -2.49. The molecule has 2 atom stereocenters. The molecular formula is C21H26ClN3O2. The van der Waals surface area contributed by atoms with Gasteiger partial charge in [0.15, 0.2) is 0 Å². The number of aryl methyl sites for hydroxylation is 1. The standard InChI is InChI=1S/C21H26ClN3O2/c1-15-3-2-4-21(23-15)25-13-19(20(26)14-25)24-11-9-18(10-12-24)27-17-7-5-16(22)6-8-17/h2-8,18-20,26H,9-14H2,1H3/t19-,20-/m0/s1. The smallest absolute Gasteiger partial charge is 0.128 e. The van der Waals surface area contributed by atoms with E-state index in [-0.39, 0.29) is 18.2 Å². The Balaban J connectivity index is 1.32. The number of aliphatic hydroxyl groups excluding tert-OH is 1. The summed E-state index contributed by atoms with van der Waals surface area (Å²) in [5, 5.41) is 11.3. The summed E-state index contributed by atoms with van der Waals surface area (Å²) in [5.41, 5.74) is 1.01. The highest BCUT2D eigenvalue weighted by Crippen LogP contribution is 2.26. The Morgan fingerprint density at radius 1 is 1.07 bits per heavy atom. The molecule has 2 fully saturated rings. The topological polar surface area (TPSA) is 48.8 Å². The van der Waals surface area contributed by atoms with E-state index < -0.39 is 0 Å². The van der Waals surface area contributed by atoms with Crippen LogP contribution in [0.3, 0.4) is 0 Å². The molecule has 0 unspecified atom stereocenters. The van der Waals surface area contributed by atoms with Crippen LogP contribution in [0.4, 0.5) is 5.82 Å². The van der Waals surface area contributed by atoms with Gasteiger partial charge in [0, 0.05) is 36.9 Å². The molecule has 6 heteroatoms. The molecule has 0 radical (unpaired) electrons. The molecule has 4 rings (SSSR count). The Hall–Kier alpha value is -1.82. The van der Waals surface area contributed by atoms with Gasteiger partial charge in [-0.3, -0.25) is 4.90 Å².